The number of nitrogens with zero attached hydrogens (tertiary/aromatic N) is 6. The molecule has 2 aromatic carbocycles. The number of hydrogen-bond donors (Lipinski definition) is 1. The highest BCUT2D eigenvalue weighted by atomic mass is 16.7. The summed E-state index contributed by atoms with van der Waals surface area (Å²) in [6.45, 7) is 4.41. The van der Waals surface area contributed by atoms with Crippen molar-refractivity contribution >= 4 is 28.6 Å². The van der Waals surface area contributed by atoms with Crippen LogP contribution in [0.1, 0.15) is 5.56 Å². The Hall–Kier alpha value is -4.75. The maximum absolute atomic E-state index is 11.0. The molecule has 0 saturated carbocycles. The van der Waals surface area contributed by atoms with Crippen LogP contribution < -0.4 is 5.32 Å². The summed E-state index contributed by atoms with van der Waals surface area (Å²) in [6.07, 6.45) is 0.573. The number of nitro groups is 3. The standard InChI is InChI=1S/C18H16N7O7/c1-12(19-14-4-7-16(24(28)29)17(10-14)25(30)31)20-18-11-22(21-32-18)9-8-13-2-5-15(6-3-13)23(26)27/h2-7,10,19H,1,8-9,11H2/q+1. The Kier molecular flexibility index (Phi) is 6.43. The first-order chi connectivity index (χ1) is 15.2. The van der Waals surface area contributed by atoms with Gasteiger partial charge in [-0.15, -0.1) is 0 Å². The first-order valence-corrected chi connectivity index (χ1v) is 9.05. The van der Waals surface area contributed by atoms with Crippen molar-refractivity contribution in [2.45, 2.75) is 6.42 Å². The van der Waals surface area contributed by atoms with Crippen LogP contribution in [0.4, 0.5) is 22.7 Å². The zero-order valence-electron chi connectivity index (χ0n) is 16.4. The zero-order valence-corrected chi connectivity index (χ0v) is 16.4. The van der Waals surface area contributed by atoms with E-state index in [9.17, 15) is 30.3 Å². The van der Waals surface area contributed by atoms with E-state index in [-0.39, 0.29) is 29.6 Å². The van der Waals surface area contributed by atoms with E-state index in [1.54, 1.807) is 16.8 Å². The van der Waals surface area contributed by atoms with Crippen molar-refractivity contribution in [3.8, 4) is 0 Å². The maximum atomic E-state index is 11.0. The highest BCUT2D eigenvalue weighted by Gasteiger charge is 2.25. The molecule has 1 N–H and O–H groups in total. The van der Waals surface area contributed by atoms with E-state index in [2.05, 4.69) is 22.2 Å². The van der Waals surface area contributed by atoms with Crippen molar-refractivity contribution in [3.63, 3.8) is 0 Å². The second-order valence-electron chi connectivity index (χ2n) is 6.53. The summed E-state index contributed by atoms with van der Waals surface area (Å²) in [5.41, 5.74) is -0.186. The summed E-state index contributed by atoms with van der Waals surface area (Å²) >= 11 is 0. The molecule has 3 rings (SSSR count). The Morgan fingerprint density at radius 2 is 1.75 bits per heavy atom. The van der Waals surface area contributed by atoms with E-state index >= 15 is 0 Å². The Labute approximate surface area is 179 Å². The molecule has 0 aromatic heterocycles. The molecule has 32 heavy (non-hydrogen) atoms. The number of hydrogen-bond acceptors (Lipinski definition) is 10. The lowest BCUT2D eigenvalue weighted by molar-refractivity contribution is -0.585. The lowest BCUT2D eigenvalue weighted by Gasteiger charge is -2.05. The summed E-state index contributed by atoms with van der Waals surface area (Å²) in [6, 6.07) is 9.52. The molecule has 0 saturated heterocycles. The maximum Gasteiger partial charge on any atom is 0.348 e. The molecular formula is C18H16N7O7+. The van der Waals surface area contributed by atoms with Crippen LogP contribution in [-0.4, -0.2) is 38.5 Å². The van der Waals surface area contributed by atoms with Crippen LogP contribution in [0.15, 0.2) is 65.1 Å². The number of nitrogens with one attached hydrogen (secondary N) is 1. The van der Waals surface area contributed by atoms with Crippen LogP contribution in [0.2, 0.25) is 0 Å². The Morgan fingerprint density at radius 1 is 1.06 bits per heavy atom. The molecule has 0 radical (unpaired) electrons. The minimum atomic E-state index is -0.847. The van der Waals surface area contributed by atoms with Gasteiger partial charge in [0, 0.05) is 36.4 Å². The number of nitro benzene ring substituents is 3. The predicted molar refractivity (Wildman–Crippen MR) is 110 cm³/mol. The molecule has 14 nitrogen and oxygen atoms in total. The number of anilines is 1. The van der Waals surface area contributed by atoms with Crippen LogP contribution in [0, 0.1) is 30.3 Å². The molecule has 14 heteroatoms. The van der Waals surface area contributed by atoms with E-state index in [0.29, 0.717) is 13.0 Å². The number of rotatable bonds is 9. The van der Waals surface area contributed by atoms with E-state index in [1.807, 2.05) is 0 Å². The van der Waals surface area contributed by atoms with Gasteiger partial charge in [-0.25, -0.2) is 0 Å². The molecular weight excluding hydrogens is 426 g/mol. The molecule has 0 aliphatic carbocycles. The van der Waals surface area contributed by atoms with Gasteiger partial charge in [-0.3, -0.25) is 35.2 Å². The first kappa shape index (κ1) is 21.9. The predicted octanol–water partition coefficient (Wildman–Crippen LogP) is 3.35. The molecule has 2 aromatic rings. The van der Waals surface area contributed by atoms with Gasteiger partial charge in [0.25, 0.3) is 5.69 Å². The normalized spacial score (nSPS) is 13.9. The summed E-state index contributed by atoms with van der Waals surface area (Å²) < 4.78 is 1.60. The van der Waals surface area contributed by atoms with Crippen molar-refractivity contribution < 1.29 is 24.3 Å². The third-order valence-electron chi connectivity index (χ3n) is 4.30. The highest BCUT2D eigenvalue weighted by molar-refractivity contribution is 5.79. The van der Waals surface area contributed by atoms with Crippen LogP contribution in [0.3, 0.4) is 0 Å². The number of benzene rings is 2. The lowest BCUT2D eigenvalue weighted by Crippen LogP contribution is -2.16. The average Bonchev–Trinajstić information content (AvgIpc) is 3.19. The van der Waals surface area contributed by atoms with Crippen molar-refractivity contribution in [3.05, 3.63) is 90.8 Å². The third kappa shape index (κ3) is 5.44. The minimum absolute atomic E-state index is 0.0155. The van der Waals surface area contributed by atoms with E-state index in [0.717, 1.165) is 17.7 Å². The Balaban J connectivity index is 1.55. The molecule has 0 bridgehead atoms. The van der Waals surface area contributed by atoms with E-state index < -0.39 is 26.1 Å². The van der Waals surface area contributed by atoms with Gasteiger partial charge in [-0.2, -0.15) is 4.99 Å². The fraction of sp³-hybridized carbons (Fsp3) is 0.167. The smallest absolute Gasteiger partial charge is 0.340 e. The Morgan fingerprint density at radius 3 is 2.38 bits per heavy atom. The SMILES string of the molecule is C=C(N=C1C[N+](CCc2ccc([N+](=O)[O-])cc2)=NO1)Nc1ccc([N+](=O)[O-])c([N+](=O)[O-])c1. The summed E-state index contributed by atoms with van der Waals surface area (Å²) in [7, 11) is 0. The molecule has 1 heterocycles. The van der Waals surface area contributed by atoms with E-state index in [4.69, 9.17) is 4.84 Å². The van der Waals surface area contributed by atoms with Gasteiger partial charge in [0.05, 0.1) is 14.8 Å². The van der Waals surface area contributed by atoms with Crippen molar-refractivity contribution in [2.75, 3.05) is 18.4 Å². The van der Waals surface area contributed by atoms with Crippen LogP contribution in [-0.2, 0) is 11.3 Å². The molecule has 0 fully saturated rings. The Bertz CT molecular complexity index is 1160. The molecule has 0 atom stereocenters. The van der Waals surface area contributed by atoms with E-state index in [1.165, 1.54) is 18.2 Å². The second kappa shape index (κ2) is 9.38. The van der Waals surface area contributed by atoms with Gasteiger partial charge in [0.2, 0.25) is 6.54 Å². The average molecular weight is 442 g/mol. The summed E-state index contributed by atoms with van der Waals surface area (Å²) in [5.74, 6) is 0.318. The van der Waals surface area contributed by atoms with Gasteiger partial charge in [0.1, 0.15) is 5.82 Å². The fourth-order valence-corrected chi connectivity index (χ4v) is 2.78. The van der Waals surface area contributed by atoms with Crippen LogP contribution in [0.25, 0.3) is 0 Å². The van der Waals surface area contributed by atoms with Crippen LogP contribution >= 0.6 is 0 Å². The lowest BCUT2D eigenvalue weighted by atomic mass is 10.1. The van der Waals surface area contributed by atoms with Gasteiger partial charge in [-0.1, -0.05) is 23.4 Å². The monoisotopic (exact) mass is 442 g/mol. The summed E-state index contributed by atoms with van der Waals surface area (Å²) in [5, 5.41) is 39.2. The molecule has 1 aliphatic heterocycles. The molecule has 0 unspecified atom stereocenters. The zero-order chi connectivity index (χ0) is 23.3. The van der Waals surface area contributed by atoms with Gasteiger partial charge in [0.15, 0.2) is 11.8 Å². The largest absolute Gasteiger partial charge is 0.348 e. The summed E-state index contributed by atoms with van der Waals surface area (Å²) in [4.78, 5) is 39.7. The van der Waals surface area contributed by atoms with Crippen LogP contribution in [0.5, 0.6) is 0 Å². The van der Waals surface area contributed by atoms with Gasteiger partial charge >= 0.3 is 17.3 Å². The second-order valence-corrected chi connectivity index (χ2v) is 6.53. The third-order valence-corrected chi connectivity index (χ3v) is 4.30. The first-order valence-electron chi connectivity index (χ1n) is 9.05. The molecule has 0 spiro atoms. The van der Waals surface area contributed by atoms with Crippen molar-refractivity contribution in [1.29, 1.82) is 0 Å². The molecule has 0 amide bonds. The topological polar surface area (TPSA) is 178 Å². The molecule has 1 aliphatic rings. The minimum Gasteiger partial charge on any atom is -0.340 e. The number of non-ortho nitro benzene ring substituents is 1. The number of aliphatic imine (C=N–C) groups is 1. The fourth-order valence-electron chi connectivity index (χ4n) is 2.78. The quantitative estimate of drug-likeness (QED) is 0.349. The van der Waals surface area contributed by atoms with Crippen molar-refractivity contribution in [1.82, 2.24) is 0 Å². The van der Waals surface area contributed by atoms with Crippen molar-refractivity contribution in [2.24, 2.45) is 10.3 Å². The molecule has 164 valence electrons. The van der Waals surface area contributed by atoms with Gasteiger partial charge in [-0.05, 0) is 11.6 Å². The van der Waals surface area contributed by atoms with Gasteiger partial charge < -0.3 is 5.32 Å². The highest BCUT2D eigenvalue weighted by Crippen LogP contribution is 2.30.